The molecule has 0 bridgehead atoms. The molecule has 0 aliphatic rings. The summed E-state index contributed by atoms with van der Waals surface area (Å²) < 4.78 is 68.5. The van der Waals surface area contributed by atoms with Crippen LogP contribution in [0.25, 0.3) is 0 Å². The highest BCUT2D eigenvalue weighted by atomic mass is 31.2. The first-order chi connectivity index (χ1) is 45.1. The predicted octanol–water partition coefficient (Wildman–Crippen LogP) is 21.7. The predicted molar refractivity (Wildman–Crippen MR) is 381 cm³/mol. The number of unbranched alkanes of at least 4 members (excludes halogenated alkanes) is 37. The maximum absolute atomic E-state index is 13.1. The van der Waals surface area contributed by atoms with Crippen LogP contribution in [0.2, 0.25) is 0 Å². The van der Waals surface area contributed by atoms with Crippen LogP contribution in [0.3, 0.4) is 0 Å². The smallest absolute Gasteiger partial charge is 0.462 e. The summed E-state index contributed by atoms with van der Waals surface area (Å²) in [4.78, 5) is 72.8. The molecular weight excluding hydrogens is 1230 g/mol. The van der Waals surface area contributed by atoms with Gasteiger partial charge in [0.25, 0.3) is 0 Å². The van der Waals surface area contributed by atoms with E-state index in [4.69, 9.17) is 37.0 Å². The summed E-state index contributed by atoms with van der Waals surface area (Å²) >= 11 is 0. The fraction of sp³-hybridized carbons (Fsp3) is 0.947. The quantitative estimate of drug-likeness (QED) is 0.0222. The van der Waals surface area contributed by atoms with Crippen LogP contribution >= 0.6 is 15.6 Å². The number of phosphoric acid groups is 2. The maximum Gasteiger partial charge on any atom is 0.472 e. The number of rotatable bonds is 72. The van der Waals surface area contributed by atoms with Gasteiger partial charge in [-0.1, -0.05) is 325 Å². The summed E-state index contributed by atoms with van der Waals surface area (Å²) in [5.74, 6) is 0.931. The molecule has 0 radical (unpaired) electrons. The van der Waals surface area contributed by atoms with E-state index in [1.54, 1.807) is 0 Å². The number of hydrogen-bond donors (Lipinski definition) is 3. The molecule has 0 spiro atoms. The van der Waals surface area contributed by atoms with Crippen molar-refractivity contribution in [1.82, 2.24) is 0 Å². The third kappa shape index (κ3) is 67.3. The standard InChI is InChI=1S/C75H146O17P2/c1-9-68(8)54-46-38-30-22-17-18-24-33-42-50-58-75(80)92-71(62-86-73(78)56-48-40-34-26-29-37-45-53-67(6)7)64-90-94(83,84)88-60-69(76)59-87-93(81,82)89-63-70(61-85-72(77)55-47-39-31-25-19-21-28-36-44-52-66(4)5)91-74(79)57-49-41-32-23-16-14-12-10-11-13-15-20-27-35-43-51-65(2)3/h65-71,76H,9-64H2,1-8H3,(H,81,82)(H,83,84)/t68?,69?,70-,71-/m1/s1. The van der Waals surface area contributed by atoms with Crippen molar-refractivity contribution in [2.45, 2.75) is 395 Å². The fourth-order valence-corrected chi connectivity index (χ4v) is 12.9. The highest BCUT2D eigenvalue weighted by molar-refractivity contribution is 7.47. The third-order valence-corrected chi connectivity index (χ3v) is 19.6. The Balaban J connectivity index is 5.24. The van der Waals surface area contributed by atoms with Crippen LogP contribution in [0.15, 0.2) is 0 Å². The summed E-state index contributed by atoms with van der Waals surface area (Å²) in [5.41, 5.74) is 0. The molecule has 0 aromatic carbocycles. The van der Waals surface area contributed by atoms with Gasteiger partial charge < -0.3 is 33.8 Å². The third-order valence-electron chi connectivity index (χ3n) is 17.7. The second-order valence-corrected chi connectivity index (χ2v) is 31.6. The molecule has 0 amide bonds. The molecule has 94 heavy (non-hydrogen) atoms. The van der Waals surface area contributed by atoms with Gasteiger partial charge in [0.1, 0.15) is 19.3 Å². The number of carbonyl (C=O) groups is 4. The zero-order chi connectivity index (χ0) is 69.6. The molecule has 4 unspecified atom stereocenters. The molecule has 0 saturated carbocycles. The highest BCUT2D eigenvalue weighted by Gasteiger charge is 2.30. The first-order valence-corrected chi connectivity index (χ1v) is 41.7. The van der Waals surface area contributed by atoms with Gasteiger partial charge in [0.05, 0.1) is 26.4 Å². The molecule has 6 atom stereocenters. The second kappa shape index (κ2) is 64.4. The van der Waals surface area contributed by atoms with E-state index in [0.717, 1.165) is 114 Å². The van der Waals surface area contributed by atoms with Crippen LogP contribution < -0.4 is 0 Å². The lowest BCUT2D eigenvalue weighted by Crippen LogP contribution is -2.30. The van der Waals surface area contributed by atoms with E-state index in [9.17, 15) is 43.2 Å². The van der Waals surface area contributed by atoms with Crippen molar-refractivity contribution in [2.75, 3.05) is 39.6 Å². The van der Waals surface area contributed by atoms with Crippen LogP contribution in [0, 0.1) is 23.7 Å². The van der Waals surface area contributed by atoms with Crippen molar-refractivity contribution in [2.24, 2.45) is 23.7 Å². The molecule has 0 fully saturated rings. The van der Waals surface area contributed by atoms with Gasteiger partial charge in [-0.2, -0.15) is 0 Å². The number of hydrogen-bond acceptors (Lipinski definition) is 15. The summed E-state index contributed by atoms with van der Waals surface area (Å²) in [7, 11) is -9.91. The van der Waals surface area contributed by atoms with Gasteiger partial charge in [-0.3, -0.25) is 37.3 Å². The monoisotopic (exact) mass is 1380 g/mol. The lowest BCUT2D eigenvalue weighted by Gasteiger charge is -2.21. The van der Waals surface area contributed by atoms with Crippen molar-refractivity contribution in [3.63, 3.8) is 0 Å². The number of aliphatic hydroxyl groups is 1. The van der Waals surface area contributed by atoms with Crippen molar-refractivity contribution >= 4 is 39.5 Å². The Morgan fingerprint density at radius 3 is 0.755 bits per heavy atom. The van der Waals surface area contributed by atoms with Gasteiger partial charge in [-0.05, 0) is 49.4 Å². The molecule has 0 aromatic rings. The molecule has 0 rings (SSSR count). The molecule has 0 heterocycles. The summed E-state index contributed by atoms with van der Waals surface area (Å²) in [6.07, 6.45) is 48.6. The van der Waals surface area contributed by atoms with E-state index in [1.807, 2.05) is 0 Å². The van der Waals surface area contributed by atoms with Crippen molar-refractivity contribution in [1.29, 1.82) is 0 Å². The Morgan fingerprint density at radius 1 is 0.298 bits per heavy atom. The SMILES string of the molecule is CCC(C)CCCCCCCCCCCCC(=O)O[C@H](COC(=O)CCCCCCCCCC(C)C)COP(=O)(O)OCC(O)COP(=O)(O)OC[C@@H](COC(=O)CCCCCCCCCCCC(C)C)OC(=O)CCCCCCCCCCCCCCCCCC(C)C. The molecule has 0 aliphatic heterocycles. The molecule has 17 nitrogen and oxygen atoms in total. The van der Waals surface area contributed by atoms with E-state index in [0.29, 0.717) is 31.6 Å². The Bertz CT molecular complexity index is 1850. The number of aliphatic hydroxyl groups excluding tert-OH is 1. The van der Waals surface area contributed by atoms with Crippen LogP contribution in [0.4, 0.5) is 0 Å². The van der Waals surface area contributed by atoms with Gasteiger partial charge in [0.2, 0.25) is 0 Å². The Kier molecular flexibility index (Phi) is 63.1. The van der Waals surface area contributed by atoms with Crippen molar-refractivity contribution < 1.29 is 80.2 Å². The lowest BCUT2D eigenvalue weighted by atomic mass is 9.99. The average molecular weight is 1380 g/mol. The topological polar surface area (TPSA) is 237 Å². The molecule has 3 N–H and O–H groups in total. The zero-order valence-electron chi connectivity index (χ0n) is 61.6. The van der Waals surface area contributed by atoms with E-state index in [-0.39, 0.29) is 25.7 Å². The fourth-order valence-electron chi connectivity index (χ4n) is 11.3. The minimum absolute atomic E-state index is 0.105. The minimum Gasteiger partial charge on any atom is -0.462 e. The van der Waals surface area contributed by atoms with Crippen LogP contribution in [-0.4, -0.2) is 96.7 Å². The lowest BCUT2D eigenvalue weighted by molar-refractivity contribution is -0.161. The molecular formula is C75H146O17P2. The van der Waals surface area contributed by atoms with Crippen LogP contribution in [-0.2, 0) is 65.4 Å². The summed E-state index contributed by atoms with van der Waals surface area (Å²) in [5, 5.41) is 10.6. The normalized spacial score (nSPS) is 14.4. The molecule has 0 saturated heterocycles. The van der Waals surface area contributed by atoms with Crippen molar-refractivity contribution in [3.8, 4) is 0 Å². The van der Waals surface area contributed by atoms with Gasteiger partial charge in [0.15, 0.2) is 12.2 Å². The molecule has 558 valence electrons. The largest absolute Gasteiger partial charge is 0.472 e. The van der Waals surface area contributed by atoms with E-state index >= 15 is 0 Å². The highest BCUT2D eigenvalue weighted by Crippen LogP contribution is 2.45. The summed E-state index contributed by atoms with van der Waals surface area (Å²) in [6, 6.07) is 0. The van der Waals surface area contributed by atoms with Crippen LogP contribution in [0.5, 0.6) is 0 Å². The molecule has 0 aromatic heterocycles. The minimum atomic E-state index is -4.96. The van der Waals surface area contributed by atoms with Gasteiger partial charge in [-0.15, -0.1) is 0 Å². The van der Waals surface area contributed by atoms with Crippen molar-refractivity contribution in [3.05, 3.63) is 0 Å². The average Bonchev–Trinajstić information content (AvgIpc) is 1.73. The number of phosphoric ester groups is 2. The number of esters is 4. The Labute approximate surface area is 575 Å². The Morgan fingerprint density at radius 2 is 0.511 bits per heavy atom. The summed E-state index contributed by atoms with van der Waals surface area (Å²) in [6.45, 7) is 14.2. The first-order valence-electron chi connectivity index (χ1n) is 38.7. The van der Waals surface area contributed by atoms with E-state index in [2.05, 4.69) is 55.4 Å². The van der Waals surface area contributed by atoms with Gasteiger partial charge in [-0.25, -0.2) is 9.13 Å². The zero-order valence-corrected chi connectivity index (χ0v) is 63.4. The van der Waals surface area contributed by atoms with Crippen LogP contribution in [0.1, 0.15) is 376 Å². The van der Waals surface area contributed by atoms with Gasteiger partial charge in [0, 0.05) is 25.7 Å². The molecule has 19 heteroatoms. The Hall–Kier alpha value is -1.94. The van der Waals surface area contributed by atoms with E-state index < -0.39 is 97.5 Å². The second-order valence-electron chi connectivity index (χ2n) is 28.7. The first kappa shape index (κ1) is 92.1. The van der Waals surface area contributed by atoms with E-state index in [1.165, 1.54) is 173 Å². The number of ether oxygens (including phenoxy) is 4. The number of carbonyl (C=O) groups excluding carboxylic acids is 4. The maximum atomic E-state index is 13.1. The molecule has 0 aliphatic carbocycles. The van der Waals surface area contributed by atoms with Gasteiger partial charge >= 0.3 is 39.5 Å².